The smallest absolute Gasteiger partial charge is 0.335 e. The third-order valence-corrected chi connectivity index (χ3v) is 4.60. The second kappa shape index (κ2) is 4.71. The Morgan fingerprint density at radius 1 is 1.21 bits per heavy atom. The minimum absolute atomic E-state index is 0.265. The van der Waals surface area contributed by atoms with Crippen molar-refractivity contribution in [2.24, 2.45) is 0 Å². The molecule has 0 unspecified atom stereocenters. The summed E-state index contributed by atoms with van der Waals surface area (Å²) in [5.74, 6) is -0.932. The molecule has 2 heterocycles. The number of fused-ring (bicyclic) bond motifs is 1. The van der Waals surface area contributed by atoms with Crippen molar-refractivity contribution in [1.82, 2.24) is 9.97 Å². The number of hydrogen-bond acceptors (Lipinski definition) is 4. The highest BCUT2D eigenvalue weighted by atomic mass is 79.9. The van der Waals surface area contributed by atoms with E-state index in [0.29, 0.717) is 0 Å². The summed E-state index contributed by atoms with van der Waals surface area (Å²) in [5, 5.41) is 10.9. The average Bonchev–Trinajstić information content (AvgIpc) is 2.81. The maximum absolute atomic E-state index is 10.8. The third-order valence-electron chi connectivity index (χ3n) is 2.72. The lowest BCUT2D eigenvalue weighted by molar-refractivity contribution is 0.0697. The predicted octanol–water partition coefficient (Wildman–Crippen LogP) is 3.82. The topological polar surface area (TPSA) is 63.1 Å². The van der Waals surface area contributed by atoms with E-state index in [0.717, 1.165) is 25.9 Å². The molecule has 1 N–H and O–H groups in total. The standard InChI is InChI=1S/C13H7BrN2O2S/c14-9-5-19-12-10(15-6-16-11(9)12)7-1-3-8(4-2-7)13(17)18/h1-6H,(H,17,18). The maximum Gasteiger partial charge on any atom is 0.335 e. The number of aromatic nitrogens is 2. The van der Waals surface area contributed by atoms with Gasteiger partial charge in [-0.05, 0) is 28.1 Å². The van der Waals surface area contributed by atoms with Crippen LogP contribution in [-0.2, 0) is 0 Å². The van der Waals surface area contributed by atoms with Crippen LogP contribution in [0.15, 0.2) is 40.4 Å². The monoisotopic (exact) mass is 334 g/mol. The van der Waals surface area contributed by atoms with Gasteiger partial charge < -0.3 is 5.11 Å². The van der Waals surface area contributed by atoms with Gasteiger partial charge in [0.25, 0.3) is 0 Å². The van der Waals surface area contributed by atoms with E-state index < -0.39 is 5.97 Å². The molecule has 0 aliphatic rings. The molecule has 3 rings (SSSR count). The highest BCUT2D eigenvalue weighted by molar-refractivity contribution is 9.10. The molecule has 0 saturated carbocycles. The first-order valence-electron chi connectivity index (χ1n) is 5.38. The number of aromatic carboxylic acids is 1. The highest BCUT2D eigenvalue weighted by Gasteiger charge is 2.11. The van der Waals surface area contributed by atoms with Crippen LogP contribution in [0.3, 0.4) is 0 Å². The molecule has 4 nitrogen and oxygen atoms in total. The van der Waals surface area contributed by atoms with Gasteiger partial charge in [0, 0.05) is 10.9 Å². The summed E-state index contributed by atoms with van der Waals surface area (Å²) in [4.78, 5) is 19.4. The van der Waals surface area contributed by atoms with E-state index in [1.54, 1.807) is 35.6 Å². The van der Waals surface area contributed by atoms with Gasteiger partial charge in [-0.2, -0.15) is 0 Å². The van der Waals surface area contributed by atoms with Crippen LogP contribution in [0.1, 0.15) is 10.4 Å². The normalized spacial score (nSPS) is 10.8. The summed E-state index contributed by atoms with van der Waals surface area (Å²) in [6.07, 6.45) is 1.51. The van der Waals surface area contributed by atoms with Gasteiger partial charge in [-0.1, -0.05) is 12.1 Å². The van der Waals surface area contributed by atoms with Gasteiger partial charge in [0.2, 0.25) is 0 Å². The number of rotatable bonds is 2. The molecule has 19 heavy (non-hydrogen) atoms. The number of carboxylic acids is 1. The van der Waals surface area contributed by atoms with Gasteiger partial charge in [-0.25, -0.2) is 14.8 Å². The van der Waals surface area contributed by atoms with Crippen molar-refractivity contribution < 1.29 is 9.90 Å². The van der Waals surface area contributed by atoms with Gasteiger partial charge in [0.1, 0.15) is 6.33 Å². The van der Waals surface area contributed by atoms with Crippen LogP contribution in [-0.4, -0.2) is 21.0 Å². The van der Waals surface area contributed by atoms with Gasteiger partial charge in [-0.15, -0.1) is 11.3 Å². The summed E-state index contributed by atoms with van der Waals surface area (Å²) >= 11 is 5.00. The second-order valence-corrected chi connectivity index (χ2v) is 5.60. The van der Waals surface area contributed by atoms with Crippen molar-refractivity contribution in [2.45, 2.75) is 0 Å². The highest BCUT2D eigenvalue weighted by Crippen LogP contribution is 2.34. The quantitative estimate of drug-likeness (QED) is 0.773. The molecule has 6 heteroatoms. The molecule has 0 spiro atoms. The van der Waals surface area contributed by atoms with Crippen molar-refractivity contribution in [2.75, 3.05) is 0 Å². The summed E-state index contributed by atoms with van der Waals surface area (Å²) in [6.45, 7) is 0. The Kier molecular flexibility index (Phi) is 3.04. The Bertz CT molecular complexity index is 768. The van der Waals surface area contributed by atoms with Crippen LogP contribution in [0, 0.1) is 0 Å². The van der Waals surface area contributed by atoms with E-state index in [4.69, 9.17) is 5.11 Å². The lowest BCUT2D eigenvalue weighted by atomic mass is 10.1. The molecule has 0 atom stereocenters. The molecule has 0 amide bonds. The minimum Gasteiger partial charge on any atom is -0.478 e. The Morgan fingerprint density at radius 2 is 1.95 bits per heavy atom. The number of carboxylic acid groups (broad SMARTS) is 1. The summed E-state index contributed by atoms with van der Waals surface area (Å²) in [6, 6.07) is 6.68. The fourth-order valence-electron chi connectivity index (χ4n) is 1.80. The van der Waals surface area contributed by atoms with Crippen LogP contribution in [0.5, 0.6) is 0 Å². The molecule has 0 aliphatic heterocycles. The largest absolute Gasteiger partial charge is 0.478 e. The van der Waals surface area contributed by atoms with E-state index in [1.165, 1.54) is 6.33 Å². The fraction of sp³-hybridized carbons (Fsp3) is 0. The van der Waals surface area contributed by atoms with E-state index in [-0.39, 0.29) is 5.56 Å². The minimum atomic E-state index is -0.932. The van der Waals surface area contributed by atoms with Gasteiger partial charge >= 0.3 is 5.97 Å². The van der Waals surface area contributed by atoms with Crippen LogP contribution >= 0.6 is 27.3 Å². The Morgan fingerprint density at radius 3 is 2.63 bits per heavy atom. The van der Waals surface area contributed by atoms with Crippen molar-refractivity contribution in [3.63, 3.8) is 0 Å². The number of benzene rings is 1. The Hall–Kier alpha value is -1.79. The summed E-state index contributed by atoms with van der Waals surface area (Å²) in [7, 11) is 0. The van der Waals surface area contributed by atoms with Crippen LogP contribution in [0.4, 0.5) is 0 Å². The number of hydrogen-bond donors (Lipinski definition) is 1. The molecule has 1 aromatic carbocycles. The molecule has 0 radical (unpaired) electrons. The number of carbonyl (C=O) groups is 1. The molecule has 2 aromatic heterocycles. The Balaban J connectivity index is 2.16. The molecular formula is C13H7BrN2O2S. The lowest BCUT2D eigenvalue weighted by Gasteiger charge is -2.02. The second-order valence-electron chi connectivity index (χ2n) is 3.87. The van der Waals surface area contributed by atoms with Crippen molar-refractivity contribution in [3.8, 4) is 11.3 Å². The van der Waals surface area contributed by atoms with E-state index in [9.17, 15) is 4.79 Å². The van der Waals surface area contributed by atoms with E-state index >= 15 is 0 Å². The van der Waals surface area contributed by atoms with Gasteiger partial charge in [0.15, 0.2) is 0 Å². The van der Waals surface area contributed by atoms with Crippen LogP contribution < -0.4 is 0 Å². The van der Waals surface area contributed by atoms with Gasteiger partial charge in [-0.3, -0.25) is 0 Å². The number of nitrogens with zero attached hydrogens (tertiary/aromatic N) is 2. The molecule has 0 bridgehead atoms. The first kappa shape index (κ1) is 12.3. The zero-order chi connectivity index (χ0) is 13.4. The van der Waals surface area contributed by atoms with Crippen LogP contribution in [0.25, 0.3) is 21.5 Å². The van der Waals surface area contributed by atoms with Crippen molar-refractivity contribution >= 4 is 43.5 Å². The lowest BCUT2D eigenvalue weighted by Crippen LogP contribution is -1.95. The van der Waals surface area contributed by atoms with Crippen molar-refractivity contribution in [3.05, 3.63) is 46.0 Å². The maximum atomic E-state index is 10.8. The zero-order valence-corrected chi connectivity index (χ0v) is 11.9. The molecule has 0 aliphatic carbocycles. The first-order valence-corrected chi connectivity index (χ1v) is 7.05. The zero-order valence-electron chi connectivity index (χ0n) is 9.50. The van der Waals surface area contributed by atoms with Gasteiger partial charge in [0.05, 0.1) is 25.9 Å². The molecule has 0 saturated heterocycles. The molecule has 3 aromatic rings. The van der Waals surface area contributed by atoms with E-state index in [2.05, 4.69) is 25.9 Å². The molecule has 0 fully saturated rings. The first-order chi connectivity index (χ1) is 9.16. The number of thiophene rings is 1. The van der Waals surface area contributed by atoms with E-state index in [1.807, 2.05) is 5.38 Å². The molecule has 94 valence electrons. The predicted molar refractivity (Wildman–Crippen MR) is 77.5 cm³/mol. The number of halogens is 1. The van der Waals surface area contributed by atoms with Crippen molar-refractivity contribution in [1.29, 1.82) is 0 Å². The third kappa shape index (κ3) is 2.13. The summed E-state index contributed by atoms with van der Waals surface area (Å²) in [5.41, 5.74) is 2.84. The van der Waals surface area contributed by atoms with Crippen LogP contribution in [0.2, 0.25) is 0 Å². The summed E-state index contributed by atoms with van der Waals surface area (Å²) < 4.78 is 1.93. The fourth-order valence-corrected chi connectivity index (χ4v) is 3.40. The molecular weight excluding hydrogens is 328 g/mol. The Labute approximate surface area is 120 Å². The average molecular weight is 335 g/mol. The SMILES string of the molecule is O=C(O)c1ccc(-c2ncnc3c(Br)csc23)cc1.